The van der Waals surface area contributed by atoms with Gasteiger partial charge in [-0.15, -0.1) is 0 Å². The minimum atomic E-state index is -1.08. The van der Waals surface area contributed by atoms with Crippen molar-refractivity contribution >= 4 is 0 Å². The molecular formula is C50H78O16. The van der Waals surface area contributed by atoms with Gasteiger partial charge in [0.15, 0.2) is 54.5 Å². The zero-order chi connectivity index (χ0) is 45.8. The molecule has 24 atom stereocenters. The maximum absolute atomic E-state index is 11.8. The third-order valence-corrected chi connectivity index (χ3v) is 20.3. The van der Waals surface area contributed by atoms with Gasteiger partial charge < -0.3 is 47.7 Å². The molecule has 0 radical (unpaired) electrons. The molecule has 6 bridgehead atoms. The highest BCUT2D eigenvalue weighted by molar-refractivity contribution is 5.12. The predicted molar refractivity (Wildman–Crippen MR) is 228 cm³/mol. The minimum absolute atomic E-state index is 0.0609. The van der Waals surface area contributed by atoms with Crippen LogP contribution in [-0.4, -0.2) is 103 Å². The fourth-order valence-corrected chi connectivity index (χ4v) is 16.2. The van der Waals surface area contributed by atoms with Crippen LogP contribution in [-0.2, 0) is 72.0 Å². The Morgan fingerprint density at radius 3 is 1.02 bits per heavy atom. The molecule has 0 aromatic rings. The number of fused-ring (bicyclic) bond motifs is 6. The molecule has 3 unspecified atom stereocenters. The summed E-state index contributed by atoms with van der Waals surface area (Å²) < 4.78 is 61.7. The Hall–Kier alpha value is -0.640. The summed E-state index contributed by atoms with van der Waals surface area (Å²) in [5, 5.41) is 11.8. The van der Waals surface area contributed by atoms with E-state index in [0.29, 0.717) is 17.8 Å². The molecule has 16 heteroatoms. The number of ether oxygens (including phenoxy) is 9. The smallest absolute Gasteiger partial charge is 0.201 e. The van der Waals surface area contributed by atoms with E-state index in [0.717, 1.165) is 77.0 Å². The summed E-state index contributed by atoms with van der Waals surface area (Å²) in [5.41, 5.74) is -3.27. The molecule has 15 rings (SSSR count). The Morgan fingerprint density at radius 2 is 0.727 bits per heavy atom. The lowest BCUT2D eigenvalue weighted by Gasteiger charge is -2.60. The summed E-state index contributed by atoms with van der Waals surface area (Å²) in [6.45, 7) is 19.2. The van der Waals surface area contributed by atoms with Crippen LogP contribution in [0.4, 0.5) is 0 Å². The summed E-state index contributed by atoms with van der Waals surface area (Å²) in [6, 6.07) is 0. The molecule has 15 aliphatic rings. The number of hydrogen-bond donors (Lipinski definition) is 1. The van der Waals surface area contributed by atoms with Crippen LogP contribution in [0.15, 0.2) is 0 Å². The van der Waals surface area contributed by atoms with Gasteiger partial charge in [0.25, 0.3) is 0 Å². The second-order valence-electron chi connectivity index (χ2n) is 24.4. The molecule has 3 aliphatic carbocycles. The van der Waals surface area contributed by atoms with Crippen molar-refractivity contribution in [2.24, 2.45) is 76.4 Å². The van der Waals surface area contributed by atoms with Crippen molar-refractivity contribution in [2.75, 3.05) is 26.4 Å². The van der Waals surface area contributed by atoms with Crippen LogP contribution in [0, 0.1) is 76.4 Å². The first-order valence-corrected chi connectivity index (χ1v) is 26.1. The van der Waals surface area contributed by atoms with Gasteiger partial charge in [-0.2, -0.15) is 0 Å². The molecule has 12 heterocycles. The van der Waals surface area contributed by atoms with Gasteiger partial charge in [0.05, 0.1) is 31.8 Å². The molecule has 12 saturated heterocycles. The van der Waals surface area contributed by atoms with E-state index in [4.69, 9.17) is 72.0 Å². The lowest BCUT2D eigenvalue weighted by Crippen LogP contribution is -2.71. The van der Waals surface area contributed by atoms with Crippen molar-refractivity contribution < 1.29 is 77.1 Å². The third kappa shape index (κ3) is 6.73. The van der Waals surface area contributed by atoms with E-state index in [1.807, 2.05) is 20.8 Å². The largest absolute Gasteiger partial charge is 0.396 e. The predicted octanol–water partition coefficient (Wildman–Crippen LogP) is 7.64. The van der Waals surface area contributed by atoms with Crippen molar-refractivity contribution in [3.05, 3.63) is 0 Å². The molecule has 0 aromatic carbocycles. The number of rotatable bonds is 10. The van der Waals surface area contributed by atoms with Crippen molar-refractivity contribution in [2.45, 2.75) is 211 Å². The quantitative estimate of drug-likeness (QED) is 0.213. The van der Waals surface area contributed by atoms with Crippen LogP contribution in [0.1, 0.15) is 139 Å². The van der Waals surface area contributed by atoms with Crippen molar-refractivity contribution in [3.63, 3.8) is 0 Å². The van der Waals surface area contributed by atoms with Crippen LogP contribution in [0.2, 0.25) is 0 Å². The average molecular weight is 935 g/mol. The van der Waals surface area contributed by atoms with Gasteiger partial charge >= 0.3 is 0 Å². The first kappa shape index (κ1) is 46.4. The maximum Gasteiger partial charge on any atom is 0.201 e. The normalized spacial score (nSPS) is 58.8. The number of aliphatic hydroxyl groups excluding tert-OH is 1. The van der Waals surface area contributed by atoms with Crippen molar-refractivity contribution in [1.82, 2.24) is 0 Å². The number of aliphatic hydroxyl groups is 1. The van der Waals surface area contributed by atoms with E-state index in [1.54, 1.807) is 0 Å². The van der Waals surface area contributed by atoms with Crippen LogP contribution >= 0.6 is 0 Å². The highest BCUT2D eigenvalue weighted by Crippen LogP contribution is 2.64. The second kappa shape index (κ2) is 16.2. The monoisotopic (exact) mass is 935 g/mol. The average Bonchev–Trinajstić information content (AvgIpc) is 3.78. The minimum Gasteiger partial charge on any atom is -0.396 e. The van der Waals surface area contributed by atoms with Gasteiger partial charge in [-0.1, -0.05) is 41.5 Å². The molecule has 0 aromatic heterocycles. The van der Waals surface area contributed by atoms with E-state index < -0.39 is 77.3 Å². The van der Waals surface area contributed by atoms with Crippen LogP contribution < -0.4 is 0 Å². The highest BCUT2D eigenvalue weighted by Gasteiger charge is 2.73. The molecule has 374 valence electrons. The summed E-state index contributed by atoms with van der Waals surface area (Å²) in [4.78, 5) is 37.6. The molecular weight excluding hydrogens is 857 g/mol. The third-order valence-electron chi connectivity index (χ3n) is 20.3. The summed E-state index contributed by atoms with van der Waals surface area (Å²) in [5.74, 6) is -0.744. The molecule has 66 heavy (non-hydrogen) atoms. The molecule has 15 fully saturated rings. The lowest BCUT2D eigenvalue weighted by atomic mass is 9.58. The first-order chi connectivity index (χ1) is 31.5. The van der Waals surface area contributed by atoms with Crippen molar-refractivity contribution in [3.8, 4) is 0 Å². The molecule has 1 N–H and O–H groups in total. The maximum atomic E-state index is 11.8. The molecule has 0 amide bonds. The summed E-state index contributed by atoms with van der Waals surface area (Å²) >= 11 is 0. The van der Waals surface area contributed by atoms with Gasteiger partial charge in [-0.25, -0.2) is 29.3 Å². The van der Waals surface area contributed by atoms with E-state index >= 15 is 0 Å². The fourth-order valence-electron chi connectivity index (χ4n) is 16.2. The van der Waals surface area contributed by atoms with Gasteiger partial charge in [0.2, 0.25) is 17.4 Å². The van der Waals surface area contributed by atoms with E-state index in [2.05, 4.69) is 41.5 Å². The van der Waals surface area contributed by atoms with E-state index in [-0.39, 0.29) is 79.7 Å². The van der Waals surface area contributed by atoms with Gasteiger partial charge in [-0.3, -0.25) is 0 Å². The van der Waals surface area contributed by atoms with Crippen LogP contribution in [0.5, 0.6) is 0 Å². The Morgan fingerprint density at radius 1 is 0.424 bits per heavy atom. The van der Waals surface area contributed by atoms with Crippen LogP contribution in [0.25, 0.3) is 0 Å². The Labute approximate surface area is 390 Å². The standard InChI is InChI=1S/C50H78O16/c1-26-10-13-35-29(4)38(55-41-48(35)32(26)16-19-44(7,58-41)61-64-48)52-23-47(22-51,24-53-39-30(5)36-14-11-27(2)33-17-20-45(8)59-42(56-39)49(33,36)65-62-45)25-54-40-31(6)37-15-12-28(3)34-18-21-46(9)60-43(57-40)50(34,37)66-63-46/h26-43,51H,10-25H2,1-9H3/t26-,27-,28-,29-,30-,31-,32+,33+,34+,35+,36+,37+,38?,39?,40?,41-,42-,43-,44-,45-,46+,47?,48-,49-,50-/m1/s1. The SMILES string of the molecule is C[C@@H]1CC[C@H]2[C@@H](C)C(OCC(CO)(COC3O[C@@H]4O[C@@]5(C)CC[C@H]6[C@H](C)CC[C@@H]([C@H]3C)[C@@]46OO5)COC3O[C@@H]4O[C@]5(C)CC[C@H]6[C@H](C)CC[C@@H]([C@H]3C)[C@@]46OO5)O[C@@H]3O[C@@]4(C)CC[C@@H]1[C@]32OO4. The molecule has 16 nitrogen and oxygen atoms in total. The lowest BCUT2D eigenvalue weighted by molar-refractivity contribution is -0.578. The van der Waals surface area contributed by atoms with E-state index in [9.17, 15) is 5.11 Å². The zero-order valence-electron chi connectivity index (χ0n) is 40.8. The topological polar surface area (TPSA) is 159 Å². The van der Waals surface area contributed by atoms with Crippen molar-refractivity contribution in [1.29, 1.82) is 0 Å². The molecule has 3 spiro atoms. The van der Waals surface area contributed by atoms with Gasteiger partial charge in [0, 0.05) is 54.8 Å². The Balaban J connectivity index is 0.822. The molecule has 3 saturated carbocycles. The zero-order valence-corrected chi connectivity index (χ0v) is 40.8. The Kier molecular flexibility index (Phi) is 11.4. The molecule has 12 aliphatic heterocycles. The van der Waals surface area contributed by atoms with Gasteiger partial charge in [-0.05, 0) is 114 Å². The second-order valence-corrected chi connectivity index (χ2v) is 24.4. The van der Waals surface area contributed by atoms with E-state index in [1.165, 1.54) is 0 Å². The highest BCUT2D eigenvalue weighted by atomic mass is 17.3. The fraction of sp³-hybridized carbons (Fsp3) is 1.00. The summed E-state index contributed by atoms with van der Waals surface area (Å²) in [7, 11) is 0. The first-order valence-electron chi connectivity index (χ1n) is 26.1. The van der Waals surface area contributed by atoms with Gasteiger partial charge in [0.1, 0.15) is 0 Å². The number of hydrogen-bond acceptors (Lipinski definition) is 16. The Bertz CT molecular complexity index is 1630. The van der Waals surface area contributed by atoms with Crippen LogP contribution in [0.3, 0.4) is 0 Å². The summed E-state index contributed by atoms with van der Waals surface area (Å²) in [6.07, 6.45) is 7.05.